The van der Waals surface area contributed by atoms with Crippen molar-refractivity contribution in [2.45, 2.75) is 50.7 Å². The summed E-state index contributed by atoms with van der Waals surface area (Å²) < 4.78 is 45.4. The maximum absolute atomic E-state index is 13.6. The molecule has 1 amide bonds. The van der Waals surface area contributed by atoms with Crippen LogP contribution in [-0.4, -0.2) is 43.2 Å². The van der Waals surface area contributed by atoms with Crippen LogP contribution in [0.25, 0.3) is 11.1 Å². The standard InChI is InChI=1S/C31H32F3N5O2/c1-3-41-29-24(5-4-12-37-29)21-6-8-25-27(16-21)39(19-20(2)36)28(40)17-30(25)10-13-38(14-11-30)26-9-7-23(31(32,33)34)15-22(26)18-35/h4-9,12,15-16,20H,3,10-11,13-14,17,19,36H2,1-2H3/t20-/m1/s1. The first-order valence-electron chi connectivity index (χ1n) is 13.7. The summed E-state index contributed by atoms with van der Waals surface area (Å²) in [4.78, 5) is 21.7. The fourth-order valence-electron chi connectivity index (χ4n) is 6.04. The summed E-state index contributed by atoms with van der Waals surface area (Å²) in [5, 5.41) is 9.60. The molecule has 0 unspecified atom stereocenters. The zero-order chi connectivity index (χ0) is 29.4. The van der Waals surface area contributed by atoms with Gasteiger partial charge in [0.05, 0.1) is 23.4 Å². The molecule has 2 aliphatic rings. The molecule has 1 aromatic heterocycles. The van der Waals surface area contributed by atoms with Gasteiger partial charge in [-0.1, -0.05) is 12.1 Å². The fourth-order valence-corrected chi connectivity index (χ4v) is 6.04. The molecular weight excluding hydrogens is 531 g/mol. The van der Waals surface area contributed by atoms with E-state index in [4.69, 9.17) is 10.5 Å². The second kappa shape index (κ2) is 11.1. The highest BCUT2D eigenvalue weighted by Crippen LogP contribution is 2.49. The van der Waals surface area contributed by atoms with Crippen molar-refractivity contribution in [2.75, 3.05) is 36.0 Å². The van der Waals surface area contributed by atoms with E-state index < -0.39 is 17.2 Å². The van der Waals surface area contributed by atoms with E-state index in [9.17, 15) is 23.2 Å². The molecular formula is C31H32F3N5O2. The Morgan fingerprint density at radius 3 is 2.56 bits per heavy atom. The van der Waals surface area contributed by atoms with Gasteiger partial charge >= 0.3 is 6.18 Å². The topological polar surface area (TPSA) is 95.5 Å². The summed E-state index contributed by atoms with van der Waals surface area (Å²) in [6.07, 6.45) is -1.31. The van der Waals surface area contributed by atoms with Crippen LogP contribution in [0.5, 0.6) is 5.88 Å². The van der Waals surface area contributed by atoms with Crippen LogP contribution < -0.4 is 20.3 Å². The van der Waals surface area contributed by atoms with Crippen LogP contribution in [0.2, 0.25) is 0 Å². The highest BCUT2D eigenvalue weighted by atomic mass is 19.4. The first kappa shape index (κ1) is 28.4. The van der Waals surface area contributed by atoms with E-state index in [-0.39, 0.29) is 17.5 Å². The summed E-state index contributed by atoms with van der Waals surface area (Å²) in [5.74, 6) is 0.507. The van der Waals surface area contributed by atoms with Gasteiger partial charge in [0.1, 0.15) is 6.07 Å². The minimum absolute atomic E-state index is 0.00906. The first-order chi connectivity index (χ1) is 19.6. The third-order valence-corrected chi connectivity index (χ3v) is 7.99. The highest BCUT2D eigenvalue weighted by molar-refractivity contribution is 5.99. The average Bonchev–Trinajstić information content (AvgIpc) is 2.95. The highest BCUT2D eigenvalue weighted by Gasteiger charge is 2.45. The molecule has 0 saturated carbocycles. The number of ether oxygens (including phenoxy) is 1. The zero-order valence-electron chi connectivity index (χ0n) is 23.0. The molecule has 2 aromatic carbocycles. The molecule has 1 atom stereocenters. The Hall–Kier alpha value is -4.10. The van der Waals surface area contributed by atoms with E-state index >= 15 is 0 Å². The molecule has 1 saturated heterocycles. The lowest BCUT2D eigenvalue weighted by Gasteiger charge is -2.48. The third-order valence-electron chi connectivity index (χ3n) is 7.99. The first-order valence-corrected chi connectivity index (χ1v) is 13.7. The Bertz CT molecular complexity index is 1490. The summed E-state index contributed by atoms with van der Waals surface area (Å²) in [5.41, 5.74) is 8.89. The lowest BCUT2D eigenvalue weighted by Crippen LogP contribution is -2.52. The van der Waals surface area contributed by atoms with Crippen molar-refractivity contribution in [3.63, 3.8) is 0 Å². The lowest BCUT2D eigenvalue weighted by atomic mass is 9.67. The molecule has 41 heavy (non-hydrogen) atoms. The monoisotopic (exact) mass is 563 g/mol. The molecule has 1 fully saturated rings. The van der Waals surface area contributed by atoms with Crippen molar-refractivity contribution >= 4 is 17.3 Å². The molecule has 214 valence electrons. The average molecular weight is 564 g/mol. The number of carbonyl (C=O) groups excluding carboxylic acids is 1. The number of halogens is 3. The van der Waals surface area contributed by atoms with Gasteiger partial charge in [-0.2, -0.15) is 18.4 Å². The SMILES string of the molecule is CCOc1ncccc1-c1ccc2c(c1)N(C[C@@H](C)N)C(=O)CC21CCN(c2ccc(C(F)(F)F)cc2C#N)CC1. The Kier molecular flexibility index (Phi) is 7.66. The molecule has 7 nitrogen and oxygen atoms in total. The van der Waals surface area contributed by atoms with Gasteiger partial charge in [0.25, 0.3) is 0 Å². The van der Waals surface area contributed by atoms with E-state index in [2.05, 4.69) is 11.1 Å². The number of piperidine rings is 1. The van der Waals surface area contributed by atoms with Gasteiger partial charge in [-0.05, 0) is 74.2 Å². The van der Waals surface area contributed by atoms with Crippen LogP contribution in [0.4, 0.5) is 24.5 Å². The van der Waals surface area contributed by atoms with Gasteiger partial charge in [-0.3, -0.25) is 4.79 Å². The van der Waals surface area contributed by atoms with Crippen molar-refractivity contribution in [1.29, 1.82) is 5.26 Å². The van der Waals surface area contributed by atoms with Crippen molar-refractivity contribution in [1.82, 2.24) is 4.98 Å². The molecule has 0 bridgehead atoms. The quantitative estimate of drug-likeness (QED) is 0.416. The molecule has 1 spiro atoms. The number of nitrogens with zero attached hydrogens (tertiary/aromatic N) is 4. The number of pyridine rings is 1. The predicted molar refractivity (Wildman–Crippen MR) is 151 cm³/mol. The molecule has 2 N–H and O–H groups in total. The van der Waals surface area contributed by atoms with Crippen LogP contribution >= 0.6 is 0 Å². The number of hydrogen-bond acceptors (Lipinski definition) is 6. The van der Waals surface area contributed by atoms with E-state index in [0.717, 1.165) is 34.5 Å². The number of nitriles is 1. The van der Waals surface area contributed by atoms with Crippen LogP contribution in [0.15, 0.2) is 54.7 Å². The fraction of sp³-hybridized carbons (Fsp3) is 0.387. The number of fused-ring (bicyclic) bond motifs is 2. The summed E-state index contributed by atoms with van der Waals surface area (Å²) in [6, 6.07) is 14.9. The minimum atomic E-state index is -4.52. The summed E-state index contributed by atoms with van der Waals surface area (Å²) in [6.45, 7) is 5.60. The molecule has 0 radical (unpaired) electrons. The number of benzene rings is 2. The Balaban J connectivity index is 1.50. The van der Waals surface area contributed by atoms with Crippen molar-refractivity contribution in [3.8, 4) is 23.1 Å². The Labute approximate surface area is 237 Å². The number of rotatable bonds is 6. The lowest BCUT2D eigenvalue weighted by molar-refractivity contribution is -0.137. The van der Waals surface area contributed by atoms with Crippen LogP contribution in [0, 0.1) is 11.3 Å². The molecule has 5 rings (SSSR count). The summed E-state index contributed by atoms with van der Waals surface area (Å²) >= 11 is 0. The molecule has 0 aliphatic carbocycles. The molecule has 3 heterocycles. The summed E-state index contributed by atoms with van der Waals surface area (Å²) in [7, 11) is 0. The van der Waals surface area contributed by atoms with Gasteiger partial charge in [-0.15, -0.1) is 0 Å². The van der Waals surface area contributed by atoms with Crippen molar-refractivity contribution < 1.29 is 22.7 Å². The maximum atomic E-state index is 13.6. The van der Waals surface area contributed by atoms with E-state index in [1.165, 1.54) is 6.07 Å². The second-order valence-corrected chi connectivity index (χ2v) is 10.8. The van der Waals surface area contributed by atoms with Gasteiger partial charge in [0.15, 0.2) is 0 Å². The minimum Gasteiger partial charge on any atom is -0.478 e. The van der Waals surface area contributed by atoms with Gasteiger partial charge in [-0.25, -0.2) is 4.98 Å². The number of hydrogen-bond donors (Lipinski definition) is 1. The van der Waals surface area contributed by atoms with Gasteiger partial charge in [0.2, 0.25) is 11.8 Å². The molecule has 2 aliphatic heterocycles. The molecule has 3 aromatic rings. The number of amides is 1. The zero-order valence-corrected chi connectivity index (χ0v) is 23.0. The number of carbonyl (C=O) groups is 1. The van der Waals surface area contributed by atoms with Gasteiger partial charge in [0, 0.05) is 55.0 Å². The number of anilines is 2. The van der Waals surface area contributed by atoms with Crippen LogP contribution in [0.3, 0.4) is 0 Å². The Morgan fingerprint density at radius 2 is 1.90 bits per heavy atom. The number of aromatic nitrogens is 1. The van der Waals surface area contributed by atoms with E-state index in [1.807, 2.05) is 49.1 Å². The van der Waals surface area contributed by atoms with Crippen LogP contribution in [-0.2, 0) is 16.4 Å². The normalized spacial score (nSPS) is 17.2. The largest absolute Gasteiger partial charge is 0.478 e. The van der Waals surface area contributed by atoms with Crippen molar-refractivity contribution in [3.05, 3.63) is 71.4 Å². The molecule has 10 heteroatoms. The second-order valence-electron chi connectivity index (χ2n) is 10.8. The Morgan fingerprint density at radius 1 is 1.15 bits per heavy atom. The predicted octanol–water partition coefficient (Wildman–Crippen LogP) is 5.66. The van der Waals surface area contributed by atoms with Crippen LogP contribution in [0.1, 0.15) is 49.8 Å². The van der Waals surface area contributed by atoms with E-state index in [1.54, 1.807) is 11.1 Å². The van der Waals surface area contributed by atoms with Gasteiger partial charge < -0.3 is 20.3 Å². The maximum Gasteiger partial charge on any atom is 0.416 e. The van der Waals surface area contributed by atoms with Crippen molar-refractivity contribution in [2.24, 2.45) is 5.73 Å². The smallest absolute Gasteiger partial charge is 0.416 e. The number of nitrogens with two attached hydrogens (primary N) is 1. The number of alkyl halides is 3. The van der Waals surface area contributed by atoms with E-state index in [0.29, 0.717) is 57.1 Å². The third kappa shape index (κ3) is 5.46.